The highest BCUT2D eigenvalue weighted by atomic mass is 16.7. The van der Waals surface area contributed by atoms with Crippen molar-refractivity contribution in [2.75, 3.05) is 6.61 Å². The van der Waals surface area contributed by atoms with Crippen LogP contribution in [0.25, 0.3) is 0 Å². The van der Waals surface area contributed by atoms with Gasteiger partial charge in [0, 0.05) is 6.92 Å². The average Bonchev–Trinajstić information content (AvgIpc) is 2.93. The van der Waals surface area contributed by atoms with Gasteiger partial charge in [-0.2, -0.15) is 0 Å². The molecule has 2 aliphatic heterocycles. The average molecular weight is 548 g/mol. The number of aliphatic hydroxyl groups excluding tert-OH is 4. The molecule has 5 N–H and O–H groups in total. The first-order valence-corrected chi connectivity index (χ1v) is 13.0. The van der Waals surface area contributed by atoms with Crippen molar-refractivity contribution in [3.8, 4) is 0 Å². The van der Waals surface area contributed by atoms with E-state index in [2.05, 4.69) is 5.32 Å². The normalized spacial score (nSPS) is 34.9. The summed E-state index contributed by atoms with van der Waals surface area (Å²) in [5.74, 6) is -0.499. The molecule has 0 radical (unpaired) electrons. The van der Waals surface area contributed by atoms with E-state index in [0.29, 0.717) is 0 Å². The van der Waals surface area contributed by atoms with Gasteiger partial charge in [0.25, 0.3) is 0 Å². The summed E-state index contributed by atoms with van der Waals surface area (Å²) >= 11 is 0. The SMILES string of the molecule is CC(=O)N[C@H]1[C@H](O[C@@H]2[C@H](OCc3ccccc3)[C@@H](OCc3ccccc3)[C@H](C)O[C@H]2O)O[C@H](CO)[C@@H](O)[C@@H]1O. The quantitative estimate of drug-likeness (QED) is 0.279. The summed E-state index contributed by atoms with van der Waals surface area (Å²) in [6, 6.07) is 17.8. The van der Waals surface area contributed by atoms with E-state index in [1.807, 2.05) is 60.7 Å². The molecule has 2 fully saturated rings. The second-order valence-corrected chi connectivity index (χ2v) is 9.79. The number of hydrogen-bond acceptors (Lipinski definition) is 10. The molecular formula is C28H37NO10. The fraction of sp³-hybridized carbons (Fsp3) is 0.536. The van der Waals surface area contributed by atoms with Gasteiger partial charge in [-0.05, 0) is 18.1 Å². The molecule has 0 spiro atoms. The number of aliphatic hydroxyl groups is 4. The number of ether oxygens (including phenoxy) is 5. The number of benzene rings is 2. The smallest absolute Gasteiger partial charge is 0.217 e. The van der Waals surface area contributed by atoms with Crippen molar-refractivity contribution in [1.29, 1.82) is 0 Å². The summed E-state index contributed by atoms with van der Waals surface area (Å²) in [5.41, 5.74) is 1.81. The fourth-order valence-electron chi connectivity index (χ4n) is 4.83. The Balaban J connectivity index is 1.60. The summed E-state index contributed by atoms with van der Waals surface area (Å²) in [7, 11) is 0. The molecule has 10 atom stereocenters. The lowest BCUT2D eigenvalue weighted by Crippen LogP contribution is -2.67. The molecule has 1 amide bonds. The van der Waals surface area contributed by atoms with E-state index in [0.717, 1.165) is 11.1 Å². The minimum absolute atomic E-state index is 0.178. The molecule has 11 heteroatoms. The molecule has 2 aromatic rings. The van der Waals surface area contributed by atoms with E-state index in [9.17, 15) is 25.2 Å². The Bertz CT molecular complexity index is 1030. The molecule has 0 saturated carbocycles. The van der Waals surface area contributed by atoms with Crippen molar-refractivity contribution in [2.24, 2.45) is 0 Å². The number of rotatable bonds is 10. The third-order valence-electron chi connectivity index (χ3n) is 6.86. The van der Waals surface area contributed by atoms with E-state index in [1.54, 1.807) is 6.92 Å². The van der Waals surface area contributed by atoms with Crippen molar-refractivity contribution >= 4 is 5.91 Å². The standard InChI is InChI=1S/C28H37NO10/c1-16-24(35-14-18-9-5-3-6-10-18)25(36-15-19-11-7-4-8-12-19)26(27(34)37-16)39-28-21(29-17(2)31)23(33)22(32)20(13-30)38-28/h3-12,16,20-28,30,32-34H,13-15H2,1-2H3,(H,29,31)/t16-,20+,21+,22+,23+,24-,25+,26+,27+,28-/m0/s1. The van der Waals surface area contributed by atoms with Crippen molar-refractivity contribution in [3.05, 3.63) is 71.8 Å². The summed E-state index contributed by atoms with van der Waals surface area (Å²) < 4.78 is 30.2. The molecular weight excluding hydrogens is 510 g/mol. The zero-order valence-corrected chi connectivity index (χ0v) is 21.9. The Morgan fingerprint density at radius 3 is 1.95 bits per heavy atom. The Labute approximate surface area is 227 Å². The summed E-state index contributed by atoms with van der Waals surface area (Å²) in [4.78, 5) is 11.9. The van der Waals surface area contributed by atoms with Gasteiger partial charge in [-0.3, -0.25) is 4.79 Å². The van der Waals surface area contributed by atoms with Crippen LogP contribution in [0.3, 0.4) is 0 Å². The molecule has 2 heterocycles. The van der Waals surface area contributed by atoms with Gasteiger partial charge in [-0.15, -0.1) is 0 Å². The molecule has 11 nitrogen and oxygen atoms in total. The lowest BCUT2D eigenvalue weighted by Gasteiger charge is -2.47. The minimum atomic E-state index is -1.51. The number of carbonyl (C=O) groups excluding carboxylic acids is 1. The van der Waals surface area contributed by atoms with Crippen LogP contribution in [0.4, 0.5) is 0 Å². The maximum Gasteiger partial charge on any atom is 0.217 e. The lowest BCUT2D eigenvalue weighted by molar-refractivity contribution is -0.353. The maximum atomic E-state index is 11.9. The molecule has 0 aromatic heterocycles. The number of carbonyl (C=O) groups is 1. The second kappa shape index (κ2) is 13.8. The van der Waals surface area contributed by atoms with Crippen LogP contribution in [0, 0.1) is 0 Å². The number of amides is 1. The predicted octanol–water partition coefficient (Wildman–Crippen LogP) is 0.223. The van der Waals surface area contributed by atoms with Gasteiger partial charge in [0.15, 0.2) is 12.6 Å². The van der Waals surface area contributed by atoms with Crippen molar-refractivity contribution < 1.29 is 48.9 Å². The molecule has 214 valence electrons. The van der Waals surface area contributed by atoms with Crippen LogP contribution in [0.15, 0.2) is 60.7 Å². The Hall–Kier alpha value is -2.45. The first kappa shape index (κ1) is 29.5. The van der Waals surface area contributed by atoms with Crippen molar-refractivity contribution in [2.45, 2.75) is 88.4 Å². The van der Waals surface area contributed by atoms with Crippen LogP contribution in [-0.4, -0.2) is 94.3 Å². The van der Waals surface area contributed by atoms with Gasteiger partial charge >= 0.3 is 0 Å². The predicted molar refractivity (Wildman–Crippen MR) is 137 cm³/mol. The molecule has 0 unspecified atom stereocenters. The van der Waals surface area contributed by atoms with Crippen LogP contribution >= 0.6 is 0 Å². The third kappa shape index (κ3) is 7.40. The number of nitrogens with one attached hydrogen (secondary N) is 1. The van der Waals surface area contributed by atoms with E-state index in [4.69, 9.17) is 23.7 Å². The van der Waals surface area contributed by atoms with Gasteiger partial charge in [0.2, 0.25) is 5.91 Å². The van der Waals surface area contributed by atoms with Crippen molar-refractivity contribution in [1.82, 2.24) is 5.32 Å². The Morgan fingerprint density at radius 2 is 1.41 bits per heavy atom. The second-order valence-electron chi connectivity index (χ2n) is 9.79. The van der Waals surface area contributed by atoms with Gasteiger partial charge in [-0.1, -0.05) is 60.7 Å². The highest BCUT2D eigenvalue weighted by molar-refractivity contribution is 5.73. The molecule has 0 aliphatic carbocycles. The topological polar surface area (TPSA) is 156 Å². The summed E-state index contributed by atoms with van der Waals surface area (Å²) in [6.45, 7) is 2.82. The number of hydrogen-bond donors (Lipinski definition) is 5. The van der Waals surface area contributed by atoms with Crippen LogP contribution in [0.2, 0.25) is 0 Å². The van der Waals surface area contributed by atoms with Gasteiger partial charge in [0.05, 0.1) is 25.9 Å². The molecule has 0 bridgehead atoms. The third-order valence-corrected chi connectivity index (χ3v) is 6.86. The van der Waals surface area contributed by atoms with E-state index in [-0.39, 0.29) is 13.2 Å². The molecule has 2 aliphatic rings. The minimum Gasteiger partial charge on any atom is -0.394 e. The zero-order valence-electron chi connectivity index (χ0n) is 21.9. The van der Waals surface area contributed by atoms with Gasteiger partial charge in [-0.25, -0.2) is 0 Å². The monoisotopic (exact) mass is 547 g/mol. The first-order valence-electron chi connectivity index (χ1n) is 13.0. The first-order chi connectivity index (χ1) is 18.8. The highest BCUT2D eigenvalue weighted by Gasteiger charge is 2.51. The van der Waals surface area contributed by atoms with Crippen LogP contribution in [0.5, 0.6) is 0 Å². The lowest BCUT2D eigenvalue weighted by atomic mass is 9.95. The van der Waals surface area contributed by atoms with Crippen molar-refractivity contribution in [3.63, 3.8) is 0 Å². The van der Waals surface area contributed by atoms with Gasteiger partial charge < -0.3 is 49.4 Å². The van der Waals surface area contributed by atoms with Crippen LogP contribution in [0.1, 0.15) is 25.0 Å². The largest absolute Gasteiger partial charge is 0.394 e. The highest BCUT2D eigenvalue weighted by Crippen LogP contribution is 2.32. The maximum absolute atomic E-state index is 11.9. The Morgan fingerprint density at radius 1 is 0.846 bits per heavy atom. The summed E-state index contributed by atoms with van der Waals surface area (Å²) in [5, 5.41) is 44.2. The molecule has 39 heavy (non-hydrogen) atoms. The summed E-state index contributed by atoms with van der Waals surface area (Å²) in [6.07, 6.45) is -10.3. The van der Waals surface area contributed by atoms with E-state index >= 15 is 0 Å². The molecule has 2 aromatic carbocycles. The Kier molecular flexibility index (Phi) is 10.4. The zero-order chi connectivity index (χ0) is 27.9. The van der Waals surface area contributed by atoms with Gasteiger partial charge in [0.1, 0.15) is 42.7 Å². The van der Waals surface area contributed by atoms with E-state index in [1.165, 1.54) is 6.92 Å². The fourth-order valence-corrected chi connectivity index (χ4v) is 4.83. The van der Waals surface area contributed by atoms with Crippen LogP contribution < -0.4 is 5.32 Å². The molecule has 4 rings (SSSR count). The van der Waals surface area contributed by atoms with E-state index < -0.39 is 73.9 Å². The molecule has 2 saturated heterocycles. The van der Waals surface area contributed by atoms with Crippen LogP contribution in [-0.2, 0) is 41.7 Å².